The Labute approximate surface area is 169 Å². The first-order chi connectivity index (χ1) is 14.1. The van der Waals surface area contributed by atoms with Crippen LogP contribution in [0.15, 0.2) is 66.9 Å². The third kappa shape index (κ3) is 3.59. The molecule has 1 heterocycles. The van der Waals surface area contributed by atoms with E-state index in [2.05, 4.69) is 16.4 Å². The van der Waals surface area contributed by atoms with Crippen LogP contribution in [0.3, 0.4) is 0 Å². The van der Waals surface area contributed by atoms with E-state index in [-0.39, 0.29) is 11.4 Å². The molecule has 1 aliphatic carbocycles. The minimum Gasteiger partial charge on any atom is -0.343 e. The first kappa shape index (κ1) is 18.4. The Kier molecular flexibility index (Phi) is 4.81. The van der Waals surface area contributed by atoms with Crippen LogP contribution in [-0.2, 0) is 5.54 Å². The molecular formula is C24H18N4O. The minimum atomic E-state index is -0.355. The lowest BCUT2D eigenvalue weighted by atomic mass is 9.71. The second kappa shape index (κ2) is 7.58. The van der Waals surface area contributed by atoms with Gasteiger partial charge < -0.3 is 5.32 Å². The highest BCUT2D eigenvalue weighted by molar-refractivity contribution is 5.95. The first-order valence-electron chi connectivity index (χ1n) is 9.43. The first-order valence-corrected chi connectivity index (χ1v) is 9.43. The summed E-state index contributed by atoms with van der Waals surface area (Å²) in [5.41, 5.74) is 4.16. The van der Waals surface area contributed by atoms with Crippen LogP contribution >= 0.6 is 0 Å². The molecule has 1 aromatic heterocycles. The Morgan fingerprint density at radius 2 is 1.59 bits per heavy atom. The quantitative estimate of drug-likeness (QED) is 0.733. The zero-order chi connectivity index (χ0) is 20.3. The maximum Gasteiger partial charge on any atom is 0.251 e. The van der Waals surface area contributed by atoms with Crippen molar-refractivity contribution in [2.75, 3.05) is 0 Å². The minimum absolute atomic E-state index is 0.130. The van der Waals surface area contributed by atoms with Crippen molar-refractivity contribution in [1.82, 2.24) is 10.3 Å². The van der Waals surface area contributed by atoms with E-state index in [0.717, 1.165) is 36.0 Å². The summed E-state index contributed by atoms with van der Waals surface area (Å²) >= 11 is 0. The predicted octanol–water partition coefficient (Wildman–Crippen LogP) is 4.30. The lowest BCUT2D eigenvalue weighted by Crippen LogP contribution is -2.50. The van der Waals surface area contributed by atoms with Crippen molar-refractivity contribution in [3.63, 3.8) is 0 Å². The average Bonchev–Trinajstić information content (AvgIpc) is 2.76. The number of amides is 1. The van der Waals surface area contributed by atoms with Crippen LogP contribution in [-0.4, -0.2) is 10.9 Å². The average molecular weight is 378 g/mol. The van der Waals surface area contributed by atoms with E-state index in [1.54, 1.807) is 36.5 Å². The third-order valence-electron chi connectivity index (χ3n) is 5.48. The summed E-state index contributed by atoms with van der Waals surface area (Å²) < 4.78 is 0. The number of benzene rings is 2. The summed E-state index contributed by atoms with van der Waals surface area (Å²) in [6, 6.07) is 22.5. The van der Waals surface area contributed by atoms with Gasteiger partial charge in [-0.05, 0) is 66.8 Å². The summed E-state index contributed by atoms with van der Waals surface area (Å²) in [4.78, 5) is 16.9. The van der Waals surface area contributed by atoms with Crippen molar-refractivity contribution in [1.29, 1.82) is 10.5 Å². The van der Waals surface area contributed by atoms with E-state index in [9.17, 15) is 4.79 Å². The summed E-state index contributed by atoms with van der Waals surface area (Å²) in [5, 5.41) is 21.0. The number of nitriles is 2. The number of carbonyl (C=O) groups excluding carboxylic acids is 1. The number of rotatable bonds is 4. The van der Waals surface area contributed by atoms with Crippen molar-refractivity contribution < 1.29 is 4.79 Å². The highest BCUT2D eigenvalue weighted by atomic mass is 16.1. The van der Waals surface area contributed by atoms with Gasteiger partial charge in [0.15, 0.2) is 0 Å². The molecule has 0 aliphatic heterocycles. The molecule has 140 valence electrons. The second-order valence-electron chi connectivity index (χ2n) is 7.20. The summed E-state index contributed by atoms with van der Waals surface area (Å²) in [6.07, 6.45) is 4.55. The zero-order valence-electron chi connectivity index (χ0n) is 15.7. The van der Waals surface area contributed by atoms with Crippen LogP contribution in [0.1, 0.15) is 46.4 Å². The van der Waals surface area contributed by atoms with Crippen LogP contribution in [0.4, 0.5) is 0 Å². The number of pyridine rings is 1. The maximum absolute atomic E-state index is 12.7. The standard InChI is InChI=1S/C24H18N4O/c25-14-17-2-4-19(5-3-17)23(29)28-24(12-1-13-24)21-9-6-18(7-10-21)20-8-11-22(15-26)27-16-20/h2-11,16H,1,12-13H2,(H,28,29). The molecule has 5 heteroatoms. The number of aromatic nitrogens is 1. The molecule has 0 bridgehead atoms. The topological polar surface area (TPSA) is 89.6 Å². The fourth-order valence-corrected chi connectivity index (χ4v) is 3.61. The Balaban J connectivity index is 1.54. The second-order valence-corrected chi connectivity index (χ2v) is 7.20. The van der Waals surface area contributed by atoms with E-state index in [4.69, 9.17) is 10.5 Å². The Bertz CT molecular complexity index is 1110. The van der Waals surface area contributed by atoms with Gasteiger partial charge in [-0.1, -0.05) is 24.3 Å². The van der Waals surface area contributed by atoms with Crippen LogP contribution in [0.2, 0.25) is 0 Å². The van der Waals surface area contributed by atoms with Crippen molar-refractivity contribution in [2.45, 2.75) is 24.8 Å². The lowest BCUT2D eigenvalue weighted by Gasteiger charge is -2.43. The molecule has 1 aliphatic rings. The molecule has 1 fully saturated rings. The van der Waals surface area contributed by atoms with Gasteiger partial charge in [-0.3, -0.25) is 4.79 Å². The summed E-state index contributed by atoms with van der Waals surface area (Å²) in [7, 11) is 0. The highest BCUT2D eigenvalue weighted by Crippen LogP contribution is 2.42. The van der Waals surface area contributed by atoms with Crippen molar-refractivity contribution >= 4 is 5.91 Å². The molecule has 3 aromatic rings. The number of hydrogen-bond donors (Lipinski definition) is 1. The molecule has 0 saturated heterocycles. The molecule has 1 N–H and O–H groups in total. The number of hydrogen-bond acceptors (Lipinski definition) is 4. The molecule has 29 heavy (non-hydrogen) atoms. The highest BCUT2D eigenvalue weighted by Gasteiger charge is 2.40. The molecule has 0 radical (unpaired) electrons. The number of nitrogens with one attached hydrogen (secondary N) is 1. The van der Waals surface area contributed by atoms with Gasteiger partial charge in [0.1, 0.15) is 11.8 Å². The monoisotopic (exact) mass is 378 g/mol. The zero-order valence-corrected chi connectivity index (χ0v) is 15.7. The molecule has 0 spiro atoms. The third-order valence-corrected chi connectivity index (χ3v) is 5.48. The predicted molar refractivity (Wildman–Crippen MR) is 109 cm³/mol. The maximum atomic E-state index is 12.7. The van der Waals surface area contributed by atoms with E-state index in [1.165, 1.54) is 0 Å². The molecule has 2 aromatic carbocycles. The van der Waals surface area contributed by atoms with Gasteiger partial charge in [0.25, 0.3) is 5.91 Å². The smallest absolute Gasteiger partial charge is 0.251 e. The van der Waals surface area contributed by atoms with Gasteiger partial charge in [-0.25, -0.2) is 4.98 Å². The van der Waals surface area contributed by atoms with Crippen LogP contribution < -0.4 is 5.32 Å². The molecule has 1 saturated carbocycles. The van der Waals surface area contributed by atoms with Crippen LogP contribution in [0.5, 0.6) is 0 Å². The molecule has 0 atom stereocenters. The van der Waals surface area contributed by atoms with Gasteiger partial charge in [-0.2, -0.15) is 10.5 Å². The van der Waals surface area contributed by atoms with E-state index in [1.807, 2.05) is 36.4 Å². The molecule has 1 amide bonds. The SMILES string of the molecule is N#Cc1ccc(C(=O)NC2(c3ccc(-c4ccc(C#N)nc4)cc3)CCC2)cc1. The van der Waals surface area contributed by atoms with E-state index in [0.29, 0.717) is 16.8 Å². The van der Waals surface area contributed by atoms with Gasteiger partial charge in [0.2, 0.25) is 0 Å². The van der Waals surface area contributed by atoms with Crippen molar-refractivity contribution in [2.24, 2.45) is 0 Å². The van der Waals surface area contributed by atoms with Crippen molar-refractivity contribution in [3.05, 3.63) is 89.2 Å². The lowest BCUT2D eigenvalue weighted by molar-refractivity contribution is 0.0823. The van der Waals surface area contributed by atoms with Crippen molar-refractivity contribution in [3.8, 4) is 23.3 Å². The van der Waals surface area contributed by atoms with Gasteiger partial charge in [0, 0.05) is 17.3 Å². The normalized spacial score (nSPS) is 14.1. The Morgan fingerprint density at radius 3 is 2.10 bits per heavy atom. The van der Waals surface area contributed by atoms with Crippen LogP contribution in [0.25, 0.3) is 11.1 Å². The fraction of sp³-hybridized carbons (Fsp3) is 0.167. The molecule has 4 rings (SSSR count). The largest absolute Gasteiger partial charge is 0.343 e. The fourth-order valence-electron chi connectivity index (χ4n) is 3.61. The van der Waals surface area contributed by atoms with Gasteiger partial charge in [-0.15, -0.1) is 0 Å². The molecule has 5 nitrogen and oxygen atoms in total. The van der Waals surface area contributed by atoms with Gasteiger partial charge >= 0.3 is 0 Å². The van der Waals surface area contributed by atoms with Gasteiger partial charge in [0.05, 0.1) is 17.2 Å². The molecular weight excluding hydrogens is 360 g/mol. The van der Waals surface area contributed by atoms with Crippen LogP contribution in [0, 0.1) is 22.7 Å². The van der Waals surface area contributed by atoms with E-state index < -0.39 is 0 Å². The Morgan fingerprint density at radius 1 is 0.897 bits per heavy atom. The number of nitrogens with zero attached hydrogens (tertiary/aromatic N) is 3. The summed E-state index contributed by atoms with van der Waals surface area (Å²) in [5.74, 6) is -0.130. The van der Waals surface area contributed by atoms with E-state index >= 15 is 0 Å². The number of carbonyl (C=O) groups is 1. The molecule has 0 unspecified atom stereocenters. The summed E-state index contributed by atoms with van der Waals surface area (Å²) in [6.45, 7) is 0. The Hall–Kier alpha value is -3.96.